The standard InChI is InChI=1S/C7H3BrClN3O.BrH/c8-3-1-4(9)12-6-5(3)10-2-11-7(6)13;/h1-2H,(H,10,11,13);1H. The van der Waals surface area contributed by atoms with Crippen molar-refractivity contribution in [3.8, 4) is 0 Å². The first-order chi connectivity index (χ1) is 6.18. The lowest BCUT2D eigenvalue weighted by Gasteiger charge is -1.97. The van der Waals surface area contributed by atoms with E-state index in [2.05, 4.69) is 30.9 Å². The van der Waals surface area contributed by atoms with Crippen LogP contribution in [0, 0.1) is 0 Å². The van der Waals surface area contributed by atoms with Crippen LogP contribution in [0.3, 0.4) is 0 Å². The molecular formula is C7H4Br2ClN3O. The van der Waals surface area contributed by atoms with Gasteiger partial charge in [0.25, 0.3) is 5.56 Å². The molecule has 0 aliphatic rings. The number of nitrogens with one attached hydrogen (secondary N) is 1. The van der Waals surface area contributed by atoms with E-state index < -0.39 is 0 Å². The zero-order valence-corrected chi connectivity index (χ0v) is 10.7. The van der Waals surface area contributed by atoms with Gasteiger partial charge in [-0.1, -0.05) is 11.6 Å². The summed E-state index contributed by atoms with van der Waals surface area (Å²) in [5, 5.41) is 0.262. The molecule has 0 amide bonds. The number of nitrogens with zero attached hydrogens (tertiary/aromatic N) is 2. The Balaban J connectivity index is 0.000000980. The second kappa shape index (κ2) is 4.37. The highest BCUT2D eigenvalue weighted by atomic mass is 79.9. The van der Waals surface area contributed by atoms with Gasteiger partial charge in [-0.3, -0.25) is 4.79 Å². The molecule has 2 aromatic heterocycles. The monoisotopic (exact) mass is 339 g/mol. The number of halogens is 3. The quantitative estimate of drug-likeness (QED) is 0.748. The molecule has 7 heteroatoms. The van der Waals surface area contributed by atoms with Crippen molar-refractivity contribution in [1.29, 1.82) is 0 Å². The van der Waals surface area contributed by atoms with Gasteiger partial charge in [0.1, 0.15) is 10.7 Å². The maximum atomic E-state index is 11.2. The minimum absolute atomic E-state index is 0. The lowest BCUT2D eigenvalue weighted by Crippen LogP contribution is -2.08. The molecule has 74 valence electrons. The number of aromatic nitrogens is 3. The lowest BCUT2D eigenvalue weighted by atomic mass is 10.4. The number of hydrogen-bond acceptors (Lipinski definition) is 3. The van der Waals surface area contributed by atoms with Crippen molar-refractivity contribution in [3.05, 3.63) is 32.4 Å². The molecule has 0 aliphatic carbocycles. The molecule has 14 heavy (non-hydrogen) atoms. The highest BCUT2D eigenvalue weighted by Crippen LogP contribution is 2.21. The third-order valence-corrected chi connectivity index (χ3v) is 2.32. The zero-order chi connectivity index (χ0) is 9.42. The molecule has 0 spiro atoms. The minimum atomic E-state index is -0.298. The summed E-state index contributed by atoms with van der Waals surface area (Å²) in [7, 11) is 0. The van der Waals surface area contributed by atoms with Gasteiger partial charge in [-0.15, -0.1) is 17.0 Å². The summed E-state index contributed by atoms with van der Waals surface area (Å²) < 4.78 is 0.661. The van der Waals surface area contributed by atoms with Crippen molar-refractivity contribution < 1.29 is 0 Å². The van der Waals surface area contributed by atoms with Crippen LogP contribution >= 0.6 is 44.5 Å². The highest BCUT2D eigenvalue weighted by molar-refractivity contribution is 9.10. The largest absolute Gasteiger partial charge is 0.311 e. The highest BCUT2D eigenvalue weighted by Gasteiger charge is 2.06. The molecular weight excluding hydrogens is 337 g/mol. The second-order valence-electron chi connectivity index (χ2n) is 2.36. The Morgan fingerprint density at radius 3 is 2.86 bits per heavy atom. The molecule has 0 radical (unpaired) electrons. The molecule has 2 aromatic rings. The molecule has 0 aliphatic heterocycles. The topological polar surface area (TPSA) is 58.6 Å². The van der Waals surface area contributed by atoms with Crippen LogP contribution in [-0.4, -0.2) is 15.0 Å². The normalized spacial score (nSPS) is 9.86. The summed E-state index contributed by atoms with van der Waals surface area (Å²) >= 11 is 8.92. The number of H-pyrrole nitrogens is 1. The second-order valence-corrected chi connectivity index (χ2v) is 3.60. The average Bonchev–Trinajstić information content (AvgIpc) is 2.07. The van der Waals surface area contributed by atoms with Crippen LogP contribution in [0.2, 0.25) is 5.15 Å². The van der Waals surface area contributed by atoms with Gasteiger partial charge in [0.05, 0.1) is 6.33 Å². The molecule has 2 heterocycles. The Morgan fingerprint density at radius 1 is 1.43 bits per heavy atom. The summed E-state index contributed by atoms with van der Waals surface area (Å²) in [5.41, 5.74) is 0.447. The van der Waals surface area contributed by atoms with Gasteiger partial charge in [0.15, 0.2) is 5.52 Å². The van der Waals surface area contributed by atoms with Gasteiger partial charge in [-0.05, 0) is 22.0 Å². The molecule has 0 fully saturated rings. The summed E-state index contributed by atoms with van der Waals surface area (Å²) in [6.45, 7) is 0. The van der Waals surface area contributed by atoms with E-state index in [4.69, 9.17) is 11.6 Å². The van der Waals surface area contributed by atoms with E-state index in [1.54, 1.807) is 6.07 Å². The molecule has 0 bridgehead atoms. The number of rotatable bonds is 0. The smallest absolute Gasteiger partial charge is 0.277 e. The third-order valence-electron chi connectivity index (χ3n) is 1.52. The van der Waals surface area contributed by atoms with E-state index in [0.29, 0.717) is 9.99 Å². The first-order valence-electron chi connectivity index (χ1n) is 3.38. The van der Waals surface area contributed by atoms with Gasteiger partial charge >= 0.3 is 0 Å². The van der Waals surface area contributed by atoms with Crippen molar-refractivity contribution in [2.75, 3.05) is 0 Å². The van der Waals surface area contributed by atoms with Crippen molar-refractivity contribution in [1.82, 2.24) is 15.0 Å². The molecule has 0 atom stereocenters. The molecule has 0 unspecified atom stereocenters. The Kier molecular flexibility index (Phi) is 3.63. The Hall–Kier alpha value is -0.460. The Labute approximate surface area is 103 Å². The van der Waals surface area contributed by atoms with Crippen molar-refractivity contribution in [2.45, 2.75) is 0 Å². The van der Waals surface area contributed by atoms with E-state index in [-0.39, 0.29) is 33.2 Å². The van der Waals surface area contributed by atoms with Gasteiger partial charge in [-0.25, -0.2) is 9.97 Å². The zero-order valence-electron chi connectivity index (χ0n) is 6.62. The predicted octanol–water partition coefficient (Wildman–Crippen LogP) is 2.31. The molecule has 2 rings (SSSR count). The summed E-state index contributed by atoms with van der Waals surface area (Å²) in [5.74, 6) is 0. The number of aromatic amines is 1. The fourth-order valence-corrected chi connectivity index (χ4v) is 1.82. The van der Waals surface area contributed by atoms with Crippen molar-refractivity contribution in [2.24, 2.45) is 0 Å². The Bertz CT molecular complexity index is 528. The van der Waals surface area contributed by atoms with Crippen LogP contribution in [0.1, 0.15) is 0 Å². The number of pyridine rings is 1. The molecule has 4 nitrogen and oxygen atoms in total. The molecule has 0 aromatic carbocycles. The average molecular weight is 341 g/mol. The third kappa shape index (κ3) is 1.97. The van der Waals surface area contributed by atoms with Gasteiger partial charge in [0, 0.05) is 4.47 Å². The molecule has 0 saturated carbocycles. The fourth-order valence-electron chi connectivity index (χ4n) is 0.983. The van der Waals surface area contributed by atoms with Crippen molar-refractivity contribution in [3.63, 3.8) is 0 Å². The summed E-state index contributed by atoms with van der Waals surface area (Å²) in [4.78, 5) is 21.5. The van der Waals surface area contributed by atoms with Crippen LogP contribution in [0.25, 0.3) is 11.0 Å². The number of hydrogen-bond donors (Lipinski definition) is 1. The fraction of sp³-hybridized carbons (Fsp3) is 0. The van der Waals surface area contributed by atoms with Crippen LogP contribution in [0.15, 0.2) is 21.7 Å². The molecule has 1 N–H and O–H groups in total. The van der Waals surface area contributed by atoms with Gasteiger partial charge in [-0.2, -0.15) is 0 Å². The van der Waals surface area contributed by atoms with Crippen LogP contribution in [0.4, 0.5) is 0 Å². The first-order valence-corrected chi connectivity index (χ1v) is 4.55. The maximum absolute atomic E-state index is 11.2. The molecule has 0 saturated heterocycles. The van der Waals surface area contributed by atoms with E-state index in [1.165, 1.54) is 6.33 Å². The van der Waals surface area contributed by atoms with Crippen LogP contribution < -0.4 is 5.56 Å². The number of fused-ring (bicyclic) bond motifs is 1. The lowest BCUT2D eigenvalue weighted by molar-refractivity contribution is 1.14. The first kappa shape index (κ1) is 11.6. The minimum Gasteiger partial charge on any atom is -0.311 e. The Morgan fingerprint density at radius 2 is 2.14 bits per heavy atom. The van der Waals surface area contributed by atoms with E-state index in [9.17, 15) is 4.79 Å². The SMILES string of the molecule is Br.O=c1[nH]cnc2c(Br)cc(Cl)nc12. The van der Waals surface area contributed by atoms with Crippen LogP contribution in [-0.2, 0) is 0 Å². The summed E-state index contributed by atoms with van der Waals surface area (Å²) in [6.07, 6.45) is 1.32. The van der Waals surface area contributed by atoms with Gasteiger partial charge < -0.3 is 4.98 Å². The van der Waals surface area contributed by atoms with E-state index in [0.717, 1.165) is 0 Å². The summed E-state index contributed by atoms with van der Waals surface area (Å²) in [6, 6.07) is 1.59. The van der Waals surface area contributed by atoms with Crippen molar-refractivity contribution >= 4 is 55.5 Å². The van der Waals surface area contributed by atoms with Crippen LogP contribution in [0.5, 0.6) is 0 Å². The maximum Gasteiger partial charge on any atom is 0.277 e. The van der Waals surface area contributed by atoms with E-state index >= 15 is 0 Å². The van der Waals surface area contributed by atoms with Gasteiger partial charge in [0.2, 0.25) is 0 Å². The predicted molar refractivity (Wildman–Crippen MR) is 63.2 cm³/mol. The van der Waals surface area contributed by atoms with E-state index in [1.807, 2.05) is 0 Å².